The lowest BCUT2D eigenvalue weighted by molar-refractivity contribution is -0.250. The van der Waals surface area contributed by atoms with Crippen molar-refractivity contribution in [3.05, 3.63) is 53.6 Å². The van der Waals surface area contributed by atoms with Crippen LogP contribution >= 0.6 is 0 Å². The van der Waals surface area contributed by atoms with E-state index in [4.69, 9.17) is 9.47 Å². The predicted molar refractivity (Wildman–Crippen MR) is 94.6 cm³/mol. The quantitative estimate of drug-likeness (QED) is 0.493. The minimum atomic E-state index is -1.08. The second kappa shape index (κ2) is 7.32. The monoisotopic (exact) mass is 330 g/mol. The van der Waals surface area contributed by atoms with E-state index in [9.17, 15) is 9.90 Å². The molecule has 0 fully saturated rings. The number of hydrogen-bond acceptors (Lipinski definition) is 4. The van der Waals surface area contributed by atoms with E-state index in [1.807, 2.05) is 45.9 Å². The topological polar surface area (TPSA) is 55.8 Å². The Morgan fingerprint density at radius 1 is 1.25 bits per heavy atom. The van der Waals surface area contributed by atoms with Crippen LogP contribution in [0.4, 0.5) is 0 Å². The van der Waals surface area contributed by atoms with Gasteiger partial charge in [0.25, 0.3) is 0 Å². The third-order valence-corrected chi connectivity index (χ3v) is 3.54. The lowest BCUT2D eigenvalue weighted by Gasteiger charge is -2.38. The van der Waals surface area contributed by atoms with Crippen LogP contribution in [0.15, 0.2) is 48.1 Å². The number of allylic oxidation sites excluding steroid dienone is 2. The minimum absolute atomic E-state index is 0.0169. The molecular formula is C20H26O4. The maximum atomic E-state index is 12.6. The summed E-state index contributed by atoms with van der Waals surface area (Å²) in [6.45, 7) is 8.28. The van der Waals surface area contributed by atoms with Crippen LogP contribution in [0.3, 0.4) is 0 Å². The standard InChI is InChI=1S/C20H26O4/c1-5-13-23-20(24-19(2,3)4)12-11-16(17(21)14-20)18(22)15-9-7-6-8-10-15/h6-12,22H,5,13-14H2,1-4H3. The van der Waals surface area contributed by atoms with Gasteiger partial charge in [-0.15, -0.1) is 0 Å². The molecule has 2 rings (SSSR count). The number of carbonyl (C=O) groups is 1. The molecule has 1 N–H and O–H groups in total. The molecule has 4 heteroatoms. The Labute approximate surface area is 143 Å². The van der Waals surface area contributed by atoms with E-state index in [2.05, 4.69) is 0 Å². The van der Waals surface area contributed by atoms with Gasteiger partial charge in [-0.1, -0.05) is 37.3 Å². The van der Waals surface area contributed by atoms with E-state index in [-0.39, 0.29) is 23.5 Å². The number of hydrogen-bond donors (Lipinski definition) is 1. The Kier molecular flexibility index (Phi) is 5.62. The highest BCUT2D eigenvalue weighted by Gasteiger charge is 2.40. The molecule has 4 nitrogen and oxygen atoms in total. The van der Waals surface area contributed by atoms with Crippen LogP contribution in [0.5, 0.6) is 0 Å². The molecule has 0 aliphatic heterocycles. The second-order valence-electron chi connectivity index (χ2n) is 6.94. The Morgan fingerprint density at radius 3 is 2.46 bits per heavy atom. The fraction of sp³-hybridized carbons (Fsp3) is 0.450. The molecule has 0 saturated carbocycles. The van der Waals surface area contributed by atoms with Crippen LogP contribution in [-0.2, 0) is 14.3 Å². The molecule has 1 aliphatic rings. The largest absolute Gasteiger partial charge is 0.507 e. The summed E-state index contributed by atoms with van der Waals surface area (Å²) < 4.78 is 11.9. The first-order chi connectivity index (χ1) is 11.3. The first-order valence-corrected chi connectivity index (χ1v) is 8.31. The summed E-state index contributed by atoms with van der Waals surface area (Å²) in [5.74, 6) is -1.29. The predicted octanol–water partition coefficient (Wildman–Crippen LogP) is 4.42. The molecule has 1 aliphatic carbocycles. The fourth-order valence-corrected chi connectivity index (χ4v) is 2.64. The van der Waals surface area contributed by atoms with E-state index < -0.39 is 11.4 Å². The van der Waals surface area contributed by atoms with Crippen molar-refractivity contribution in [3.63, 3.8) is 0 Å². The smallest absolute Gasteiger partial charge is 0.196 e. The van der Waals surface area contributed by atoms with Crippen molar-refractivity contribution in [1.82, 2.24) is 0 Å². The van der Waals surface area contributed by atoms with Gasteiger partial charge in [0.15, 0.2) is 11.6 Å². The van der Waals surface area contributed by atoms with E-state index >= 15 is 0 Å². The summed E-state index contributed by atoms with van der Waals surface area (Å²) >= 11 is 0. The molecule has 0 amide bonds. The summed E-state index contributed by atoms with van der Waals surface area (Å²) in [5.41, 5.74) is 0.444. The van der Waals surface area contributed by atoms with Crippen LogP contribution in [0.25, 0.3) is 5.76 Å². The van der Waals surface area contributed by atoms with Gasteiger partial charge in [-0.3, -0.25) is 4.79 Å². The van der Waals surface area contributed by atoms with Crippen molar-refractivity contribution in [3.8, 4) is 0 Å². The number of ether oxygens (including phenoxy) is 2. The van der Waals surface area contributed by atoms with Gasteiger partial charge in [-0.05, 0) is 39.3 Å². The molecule has 1 aromatic carbocycles. The number of ketones is 1. The normalized spacial score (nSPS) is 23.4. The molecule has 1 atom stereocenters. The average molecular weight is 330 g/mol. The molecule has 0 radical (unpaired) electrons. The molecule has 0 aromatic heterocycles. The van der Waals surface area contributed by atoms with Crippen molar-refractivity contribution < 1.29 is 19.4 Å². The van der Waals surface area contributed by atoms with Gasteiger partial charge in [-0.2, -0.15) is 0 Å². The number of rotatable bonds is 5. The van der Waals surface area contributed by atoms with Gasteiger partial charge in [-0.25, -0.2) is 0 Å². The summed E-state index contributed by atoms with van der Waals surface area (Å²) in [6.07, 6.45) is 4.22. The van der Waals surface area contributed by atoms with Crippen molar-refractivity contribution >= 4 is 11.5 Å². The molecule has 0 saturated heterocycles. The van der Waals surface area contributed by atoms with Crippen molar-refractivity contribution in [2.45, 2.75) is 51.9 Å². The van der Waals surface area contributed by atoms with Crippen LogP contribution in [0.1, 0.15) is 46.1 Å². The lowest BCUT2D eigenvalue weighted by Crippen LogP contribution is -2.44. The Bertz CT molecular complexity index is 637. The minimum Gasteiger partial charge on any atom is -0.507 e. The van der Waals surface area contributed by atoms with E-state index in [0.717, 1.165) is 6.42 Å². The summed E-state index contributed by atoms with van der Waals surface area (Å²) in [6, 6.07) is 9.04. The van der Waals surface area contributed by atoms with Gasteiger partial charge in [0, 0.05) is 5.56 Å². The van der Waals surface area contributed by atoms with E-state index in [1.54, 1.807) is 24.3 Å². The van der Waals surface area contributed by atoms with E-state index in [0.29, 0.717) is 12.2 Å². The first-order valence-electron chi connectivity index (χ1n) is 8.31. The number of carbonyl (C=O) groups excluding carboxylic acids is 1. The highest BCUT2D eigenvalue weighted by molar-refractivity contribution is 6.05. The molecule has 130 valence electrons. The number of aliphatic hydroxyl groups is 1. The summed E-state index contributed by atoms with van der Waals surface area (Å²) in [5, 5.41) is 10.4. The Balaban J connectivity index is 2.36. The molecule has 0 bridgehead atoms. The lowest BCUT2D eigenvalue weighted by atomic mass is 9.92. The number of benzene rings is 1. The second-order valence-corrected chi connectivity index (χ2v) is 6.94. The third kappa shape index (κ3) is 4.56. The van der Waals surface area contributed by atoms with Gasteiger partial charge < -0.3 is 14.6 Å². The third-order valence-electron chi connectivity index (χ3n) is 3.54. The SMILES string of the molecule is CCCOC1(OC(C)(C)C)C=CC(=C(O)c2ccccc2)C(=O)C1. The Hall–Kier alpha value is -1.91. The summed E-state index contributed by atoms with van der Waals surface area (Å²) in [7, 11) is 0. The maximum Gasteiger partial charge on any atom is 0.196 e. The average Bonchev–Trinajstić information content (AvgIpc) is 2.52. The molecular weight excluding hydrogens is 304 g/mol. The summed E-state index contributed by atoms with van der Waals surface area (Å²) in [4.78, 5) is 12.6. The molecule has 0 spiro atoms. The van der Waals surface area contributed by atoms with Crippen LogP contribution in [0, 0.1) is 0 Å². The fourth-order valence-electron chi connectivity index (χ4n) is 2.64. The van der Waals surface area contributed by atoms with Gasteiger partial charge >= 0.3 is 0 Å². The maximum absolute atomic E-state index is 12.6. The zero-order valence-corrected chi connectivity index (χ0v) is 14.8. The van der Waals surface area contributed by atoms with Crippen LogP contribution in [-0.4, -0.2) is 28.9 Å². The van der Waals surface area contributed by atoms with Crippen LogP contribution in [0.2, 0.25) is 0 Å². The number of aliphatic hydroxyl groups excluding tert-OH is 1. The van der Waals surface area contributed by atoms with Crippen molar-refractivity contribution in [2.75, 3.05) is 6.61 Å². The van der Waals surface area contributed by atoms with Crippen molar-refractivity contribution in [1.29, 1.82) is 0 Å². The van der Waals surface area contributed by atoms with Crippen LogP contribution < -0.4 is 0 Å². The van der Waals surface area contributed by atoms with Gasteiger partial charge in [0.1, 0.15) is 5.76 Å². The van der Waals surface area contributed by atoms with Gasteiger partial charge in [0.2, 0.25) is 0 Å². The first kappa shape index (κ1) is 18.4. The van der Waals surface area contributed by atoms with Gasteiger partial charge in [0.05, 0.1) is 24.2 Å². The van der Waals surface area contributed by atoms with E-state index in [1.165, 1.54) is 0 Å². The molecule has 1 aromatic rings. The highest BCUT2D eigenvalue weighted by Crippen LogP contribution is 2.34. The zero-order valence-electron chi connectivity index (χ0n) is 14.8. The highest BCUT2D eigenvalue weighted by atomic mass is 16.7. The zero-order chi connectivity index (χ0) is 17.8. The molecule has 1 unspecified atom stereocenters. The number of Topliss-reactive ketones (excluding diaryl/α,β-unsaturated/α-hetero) is 1. The molecule has 0 heterocycles. The Morgan fingerprint density at radius 2 is 1.92 bits per heavy atom. The van der Waals surface area contributed by atoms with Crippen molar-refractivity contribution in [2.24, 2.45) is 0 Å². The molecule has 24 heavy (non-hydrogen) atoms.